The molecule has 3 aliphatic rings. The van der Waals surface area contributed by atoms with Crippen molar-refractivity contribution in [3.8, 4) is 46.0 Å². The predicted molar refractivity (Wildman–Crippen MR) is 224 cm³/mol. The minimum atomic E-state index is 0.473. The maximum Gasteiger partial charge on any atom is 0.229 e. The zero-order valence-electron chi connectivity index (χ0n) is 30.2. The monoisotopic (exact) mass is 738 g/mol. The predicted octanol–water partition coefficient (Wildman–Crippen LogP) is 14.2. The molecule has 0 saturated heterocycles. The minimum absolute atomic E-state index is 0.473. The van der Waals surface area contributed by atoms with Gasteiger partial charge < -0.3 is 33.3 Å². The molecule has 0 bridgehead atoms. The lowest BCUT2D eigenvalue weighted by Crippen LogP contribution is -2.23. The molecule has 0 atom stereocenters. The summed E-state index contributed by atoms with van der Waals surface area (Å²) < 4.78 is 26.4. The summed E-state index contributed by atoms with van der Waals surface area (Å²) in [7, 11) is 0. The van der Waals surface area contributed by atoms with E-state index in [1.54, 1.807) is 0 Å². The molecule has 0 N–H and O–H groups in total. The van der Waals surface area contributed by atoms with Crippen molar-refractivity contribution in [1.82, 2.24) is 4.98 Å². The molecule has 57 heavy (non-hydrogen) atoms. The average molecular weight is 739 g/mol. The van der Waals surface area contributed by atoms with E-state index in [2.05, 4.69) is 63.2 Å². The van der Waals surface area contributed by atoms with Crippen molar-refractivity contribution in [2.75, 3.05) is 14.7 Å². The standard InChI is InChI=1S/C49H30N4O4/c1-8-22-41-33(15-1)50-49(57-41)32-29-31(51-34-16-2-9-23-42(34)54-43-24-10-3-17-35(43)51)30-40(52-36-18-4-11-25-44(36)55-45-26-12-5-19-37(45)52)48(32)53-38-20-6-13-27-46(38)56-47-28-14-7-21-39(47)53/h1-30H. The highest BCUT2D eigenvalue weighted by atomic mass is 16.5. The van der Waals surface area contributed by atoms with Crippen LogP contribution in [-0.2, 0) is 0 Å². The second-order valence-corrected chi connectivity index (χ2v) is 14.0. The Balaban J connectivity index is 1.25. The van der Waals surface area contributed by atoms with Crippen LogP contribution in [0, 0.1) is 0 Å². The number of benzene rings is 8. The van der Waals surface area contributed by atoms with Crippen molar-refractivity contribution >= 4 is 62.3 Å². The largest absolute Gasteiger partial charge is 0.453 e. The summed E-state index contributed by atoms with van der Waals surface area (Å²) in [6.45, 7) is 0. The SMILES string of the molecule is c1ccc2c(c1)Oc1ccccc1N2c1cc(-c2nc3ccccc3o2)c(N2c3ccccc3Oc3ccccc32)c(N2c3ccccc3Oc3ccccc32)c1. The van der Waals surface area contributed by atoms with Crippen molar-refractivity contribution in [2.45, 2.75) is 0 Å². The van der Waals surface area contributed by atoms with Crippen LogP contribution in [0.15, 0.2) is 186 Å². The van der Waals surface area contributed by atoms with Gasteiger partial charge in [0.05, 0.1) is 51.1 Å². The summed E-state index contributed by atoms with van der Waals surface area (Å²) in [5.41, 5.74) is 10.1. The number of para-hydroxylation sites is 14. The van der Waals surface area contributed by atoms with Crippen LogP contribution < -0.4 is 28.9 Å². The third kappa shape index (κ3) is 4.84. The molecular weight excluding hydrogens is 709 g/mol. The van der Waals surface area contributed by atoms with Gasteiger partial charge in [-0.05, 0) is 97.1 Å². The third-order valence-corrected chi connectivity index (χ3v) is 10.6. The Morgan fingerprint density at radius 2 is 0.737 bits per heavy atom. The van der Waals surface area contributed by atoms with E-state index >= 15 is 0 Å². The molecule has 0 spiro atoms. The first-order valence-corrected chi connectivity index (χ1v) is 18.8. The molecule has 8 aromatic carbocycles. The Labute approximate surface area is 327 Å². The van der Waals surface area contributed by atoms with E-state index in [-0.39, 0.29) is 0 Å². The van der Waals surface area contributed by atoms with Gasteiger partial charge in [0.2, 0.25) is 5.89 Å². The average Bonchev–Trinajstić information content (AvgIpc) is 3.71. The van der Waals surface area contributed by atoms with Crippen LogP contribution in [0.25, 0.3) is 22.6 Å². The van der Waals surface area contributed by atoms with Crippen molar-refractivity contribution in [3.63, 3.8) is 0 Å². The van der Waals surface area contributed by atoms with E-state index in [1.807, 2.05) is 133 Å². The van der Waals surface area contributed by atoms with E-state index in [0.29, 0.717) is 11.5 Å². The van der Waals surface area contributed by atoms with Gasteiger partial charge in [0.1, 0.15) is 5.52 Å². The summed E-state index contributed by atoms with van der Waals surface area (Å²) in [4.78, 5) is 12.0. The number of aromatic nitrogens is 1. The number of rotatable bonds is 4. The molecule has 0 unspecified atom stereocenters. The number of ether oxygens (including phenoxy) is 3. The van der Waals surface area contributed by atoms with Crippen LogP contribution in [0.2, 0.25) is 0 Å². The van der Waals surface area contributed by atoms with E-state index in [9.17, 15) is 0 Å². The molecule has 0 amide bonds. The molecule has 8 heteroatoms. The fraction of sp³-hybridized carbons (Fsp3) is 0. The molecular formula is C49H30N4O4. The van der Waals surface area contributed by atoms with E-state index in [1.165, 1.54) is 0 Å². The smallest absolute Gasteiger partial charge is 0.229 e. The molecule has 270 valence electrons. The van der Waals surface area contributed by atoms with Crippen LogP contribution in [-0.4, -0.2) is 4.98 Å². The van der Waals surface area contributed by atoms with Crippen LogP contribution >= 0.6 is 0 Å². The van der Waals surface area contributed by atoms with Gasteiger partial charge in [0, 0.05) is 5.69 Å². The lowest BCUT2D eigenvalue weighted by molar-refractivity contribution is 0.476. The molecule has 0 aliphatic carbocycles. The van der Waals surface area contributed by atoms with Gasteiger partial charge in [-0.2, -0.15) is 0 Å². The third-order valence-electron chi connectivity index (χ3n) is 10.6. The summed E-state index contributed by atoms with van der Waals surface area (Å²) in [5.74, 6) is 4.91. The van der Waals surface area contributed by atoms with Crippen LogP contribution in [0.3, 0.4) is 0 Å². The van der Waals surface area contributed by atoms with Crippen molar-refractivity contribution in [1.29, 1.82) is 0 Å². The minimum Gasteiger partial charge on any atom is -0.453 e. The lowest BCUT2D eigenvalue weighted by atomic mass is 10.0. The Bertz CT molecular complexity index is 2900. The molecule has 0 fully saturated rings. The highest BCUT2D eigenvalue weighted by Crippen LogP contribution is 2.61. The van der Waals surface area contributed by atoms with Gasteiger partial charge >= 0.3 is 0 Å². The highest BCUT2D eigenvalue weighted by molar-refractivity contribution is 6.05. The van der Waals surface area contributed by atoms with Crippen molar-refractivity contribution < 1.29 is 18.6 Å². The molecule has 8 nitrogen and oxygen atoms in total. The molecule has 4 heterocycles. The van der Waals surface area contributed by atoms with Crippen LogP contribution in [0.4, 0.5) is 51.2 Å². The number of anilines is 9. The summed E-state index contributed by atoms with van der Waals surface area (Å²) >= 11 is 0. The maximum atomic E-state index is 6.77. The van der Waals surface area contributed by atoms with Crippen molar-refractivity contribution in [2.24, 2.45) is 0 Å². The van der Waals surface area contributed by atoms with Crippen LogP contribution in [0.5, 0.6) is 34.5 Å². The van der Waals surface area contributed by atoms with E-state index < -0.39 is 0 Å². The zero-order chi connectivity index (χ0) is 37.5. The number of nitrogens with zero attached hydrogens (tertiary/aromatic N) is 4. The van der Waals surface area contributed by atoms with Gasteiger partial charge in [0.15, 0.2) is 40.1 Å². The summed E-state index contributed by atoms with van der Waals surface area (Å²) in [6, 6.07) is 61.2. The molecule has 0 radical (unpaired) electrons. The van der Waals surface area contributed by atoms with Gasteiger partial charge in [0.25, 0.3) is 0 Å². The quantitative estimate of drug-likeness (QED) is 0.177. The molecule has 1 aromatic heterocycles. The summed E-state index contributed by atoms with van der Waals surface area (Å²) in [6.07, 6.45) is 0. The normalized spacial score (nSPS) is 13.2. The fourth-order valence-corrected chi connectivity index (χ4v) is 8.18. The molecule has 9 aromatic rings. The second kappa shape index (κ2) is 12.3. The van der Waals surface area contributed by atoms with Gasteiger partial charge in [-0.25, -0.2) is 4.98 Å². The lowest BCUT2D eigenvalue weighted by Gasteiger charge is -2.40. The van der Waals surface area contributed by atoms with E-state index in [4.69, 9.17) is 23.6 Å². The first-order valence-electron chi connectivity index (χ1n) is 18.8. The first-order chi connectivity index (χ1) is 28.3. The number of hydrogen-bond donors (Lipinski definition) is 0. The van der Waals surface area contributed by atoms with Gasteiger partial charge in [-0.1, -0.05) is 84.9 Å². The van der Waals surface area contributed by atoms with E-state index in [0.717, 1.165) is 96.8 Å². The Kier molecular flexibility index (Phi) is 6.76. The highest BCUT2D eigenvalue weighted by Gasteiger charge is 2.37. The van der Waals surface area contributed by atoms with Gasteiger partial charge in [-0.15, -0.1) is 0 Å². The second-order valence-electron chi connectivity index (χ2n) is 14.0. The van der Waals surface area contributed by atoms with Gasteiger partial charge in [-0.3, -0.25) is 0 Å². The molecule has 0 saturated carbocycles. The topological polar surface area (TPSA) is 63.4 Å². The number of oxazole rings is 1. The summed E-state index contributed by atoms with van der Waals surface area (Å²) in [5, 5.41) is 0. The first kappa shape index (κ1) is 31.4. The molecule has 12 rings (SSSR count). The molecule has 3 aliphatic heterocycles. The van der Waals surface area contributed by atoms with Crippen LogP contribution in [0.1, 0.15) is 0 Å². The number of hydrogen-bond acceptors (Lipinski definition) is 8. The fourth-order valence-electron chi connectivity index (χ4n) is 8.18. The van der Waals surface area contributed by atoms with Crippen molar-refractivity contribution in [3.05, 3.63) is 182 Å². The Morgan fingerprint density at radius 1 is 0.351 bits per heavy atom. The Hall–Kier alpha value is -7.97. The number of fused-ring (bicyclic) bond motifs is 7. The zero-order valence-corrected chi connectivity index (χ0v) is 30.2. The Morgan fingerprint density at radius 3 is 1.19 bits per heavy atom. The maximum absolute atomic E-state index is 6.77.